The zero-order chi connectivity index (χ0) is 7.44. The lowest BCUT2D eigenvalue weighted by molar-refractivity contribution is 0.396. The van der Waals surface area contributed by atoms with Gasteiger partial charge in [-0.2, -0.15) is 8.78 Å². The molecule has 0 aromatic rings. The minimum atomic E-state index is -1.51. The van der Waals surface area contributed by atoms with Crippen molar-refractivity contribution in [2.24, 2.45) is 5.92 Å². The van der Waals surface area contributed by atoms with E-state index in [1.165, 1.54) is 0 Å². The predicted octanol–water partition coefficient (Wildman–Crippen LogP) is 3.20. The quantitative estimate of drug-likeness (QED) is 0.544. The average molecular weight is 134 g/mol. The molecule has 0 spiro atoms. The van der Waals surface area contributed by atoms with Crippen LogP contribution in [-0.2, 0) is 0 Å². The second kappa shape index (κ2) is 3.59. The van der Waals surface area contributed by atoms with Crippen LogP contribution in [0, 0.1) is 5.92 Å². The molecular formula is C7H12F2. The highest BCUT2D eigenvalue weighted by Gasteiger charge is 2.06. The Morgan fingerprint density at radius 1 is 1.33 bits per heavy atom. The van der Waals surface area contributed by atoms with E-state index in [4.69, 9.17) is 0 Å². The molecule has 0 fully saturated rings. The van der Waals surface area contributed by atoms with Gasteiger partial charge in [0.15, 0.2) is 0 Å². The fourth-order valence-electron chi connectivity index (χ4n) is 0.760. The highest BCUT2D eigenvalue weighted by molar-refractivity contribution is 5.03. The Morgan fingerprint density at radius 2 is 1.78 bits per heavy atom. The van der Waals surface area contributed by atoms with Crippen LogP contribution < -0.4 is 0 Å². The van der Waals surface area contributed by atoms with Gasteiger partial charge in [0.2, 0.25) is 0 Å². The van der Waals surface area contributed by atoms with E-state index in [0.29, 0.717) is 6.42 Å². The molecule has 0 saturated carbocycles. The van der Waals surface area contributed by atoms with Crippen LogP contribution in [0.2, 0.25) is 0 Å². The SMILES string of the molecule is CCC(=C(F)F)C(C)C. The summed E-state index contributed by atoms with van der Waals surface area (Å²) in [5.74, 6) is -0.0139. The van der Waals surface area contributed by atoms with E-state index in [9.17, 15) is 8.78 Å². The van der Waals surface area contributed by atoms with Crippen LogP contribution in [0.3, 0.4) is 0 Å². The smallest absolute Gasteiger partial charge is 0.173 e. The molecule has 9 heavy (non-hydrogen) atoms. The maximum absolute atomic E-state index is 11.8. The van der Waals surface area contributed by atoms with Crippen LogP contribution in [-0.4, -0.2) is 0 Å². The molecule has 0 N–H and O–H groups in total. The summed E-state index contributed by atoms with van der Waals surface area (Å²) in [5.41, 5.74) is 0.273. The third-order valence-corrected chi connectivity index (χ3v) is 1.32. The van der Waals surface area contributed by atoms with Crippen molar-refractivity contribution in [3.8, 4) is 0 Å². The van der Waals surface area contributed by atoms with E-state index < -0.39 is 6.08 Å². The van der Waals surface area contributed by atoms with Crippen LogP contribution in [0.25, 0.3) is 0 Å². The van der Waals surface area contributed by atoms with Crippen molar-refractivity contribution >= 4 is 0 Å². The molecule has 0 saturated heterocycles. The van der Waals surface area contributed by atoms with Gasteiger partial charge in [0.05, 0.1) is 0 Å². The summed E-state index contributed by atoms with van der Waals surface area (Å²) in [6.45, 7) is 5.30. The van der Waals surface area contributed by atoms with E-state index >= 15 is 0 Å². The maximum Gasteiger partial charge on any atom is 0.269 e. The van der Waals surface area contributed by atoms with E-state index in [0.717, 1.165) is 0 Å². The third-order valence-electron chi connectivity index (χ3n) is 1.32. The fraction of sp³-hybridized carbons (Fsp3) is 0.714. The van der Waals surface area contributed by atoms with Gasteiger partial charge in [0.1, 0.15) is 0 Å². The van der Waals surface area contributed by atoms with Crippen molar-refractivity contribution in [1.29, 1.82) is 0 Å². The van der Waals surface area contributed by atoms with Crippen LogP contribution in [0.1, 0.15) is 27.2 Å². The summed E-state index contributed by atoms with van der Waals surface area (Å²) in [6.07, 6.45) is -1.05. The first-order valence-electron chi connectivity index (χ1n) is 3.13. The van der Waals surface area contributed by atoms with E-state index in [-0.39, 0.29) is 11.5 Å². The first kappa shape index (κ1) is 8.60. The largest absolute Gasteiger partial charge is 0.269 e. The average Bonchev–Trinajstić information content (AvgIpc) is 1.64. The van der Waals surface area contributed by atoms with E-state index in [2.05, 4.69) is 0 Å². The second-order valence-electron chi connectivity index (χ2n) is 2.29. The lowest BCUT2D eigenvalue weighted by Crippen LogP contribution is -1.92. The molecule has 0 unspecified atom stereocenters. The Hall–Kier alpha value is -0.400. The van der Waals surface area contributed by atoms with Crippen molar-refractivity contribution in [1.82, 2.24) is 0 Å². The first-order chi connectivity index (χ1) is 4.09. The topological polar surface area (TPSA) is 0 Å². The predicted molar refractivity (Wildman–Crippen MR) is 34.4 cm³/mol. The molecule has 0 rings (SSSR count). The number of allylic oxidation sites excluding steroid dienone is 1. The molecule has 0 aliphatic heterocycles. The van der Waals surface area contributed by atoms with Crippen molar-refractivity contribution in [2.45, 2.75) is 27.2 Å². The Bertz CT molecular complexity index is 110. The highest BCUT2D eigenvalue weighted by atomic mass is 19.3. The summed E-state index contributed by atoms with van der Waals surface area (Å²) in [4.78, 5) is 0. The molecule has 0 aromatic heterocycles. The van der Waals surface area contributed by atoms with Gasteiger partial charge in [-0.15, -0.1) is 0 Å². The molecular weight excluding hydrogens is 122 g/mol. The zero-order valence-corrected chi connectivity index (χ0v) is 6.04. The Kier molecular flexibility index (Phi) is 3.43. The minimum Gasteiger partial charge on any atom is -0.173 e. The number of rotatable bonds is 2. The number of hydrogen-bond acceptors (Lipinski definition) is 0. The van der Waals surface area contributed by atoms with Crippen LogP contribution in [0.15, 0.2) is 11.7 Å². The third kappa shape index (κ3) is 2.59. The lowest BCUT2D eigenvalue weighted by Gasteiger charge is -2.04. The molecule has 0 radical (unpaired) electrons. The fourth-order valence-corrected chi connectivity index (χ4v) is 0.760. The number of hydrogen-bond donors (Lipinski definition) is 0. The Balaban J connectivity index is 4.16. The van der Waals surface area contributed by atoms with Gasteiger partial charge in [0, 0.05) is 0 Å². The van der Waals surface area contributed by atoms with Gasteiger partial charge in [-0.1, -0.05) is 20.8 Å². The monoisotopic (exact) mass is 134 g/mol. The van der Waals surface area contributed by atoms with E-state index in [1.54, 1.807) is 20.8 Å². The summed E-state index contributed by atoms with van der Waals surface area (Å²) >= 11 is 0. The minimum absolute atomic E-state index is 0.0139. The van der Waals surface area contributed by atoms with Gasteiger partial charge >= 0.3 is 0 Å². The maximum atomic E-state index is 11.8. The Morgan fingerprint density at radius 3 is 1.78 bits per heavy atom. The standard InChI is InChI=1S/C7H12F2/c1-4-6(5(2)3)7(8)9/h5H,4H2,1-3H3. The Labute approximate surface area is 54.6 Å². The molecule has 0 heterocycles. The summed E-state index contributed by atoms with van der Waals surface area (Å²) in [7, 11) is 0. The molecule has 0 bridgehead atoms. The van der Waals surface area contributed by atoms with Crippen LogP contribution in [0.4, 0.5) is 8.78 Å². The molecule has 54 valence electrons. The summed E-state index contributed by atoms with van der Waals surface area (Å²) < 4.78 is 23.7. The lowest BCUT2D eigenvalue weighted by atomic mass is 10.0. The molecule has 2 heteroatoms. The molecule has 0 aliphatic rings. The van der Waals surface area contributed by atoms with Gasteiger partial charge in [0.25, 0.3) is 6.08 Å². The molecule has 0 amide bonds. The first-order valence-corrected chi connectivity index (χ1v) is 3.13. The van der Waals surface area contributed by atoms with E-state index in [1.807, 2.05) is 0 Å². The van der Waals surface area contributed by atoms with Gasteiger partial charge in [-0.05, 0) is 17.9 Å². The number of halogens is 2. The van der Waals surface area contributed by atoms with Crippen molar-refractivity contribution in [3.05, 3.63) is 11.7 Å². The molecule has 0 atom stereocenters. The van der Waals surface area contributed by atoms with Crippen molar-refractivity contribution in [3.63, 3.8) is 0 Å². The molecule has 0 nitrogen and oxygen atoms in total. The normalized spacial score (nSPS) is 10.0. The summed E-state index contributed by atoms with van der Waals surface area (Å²) in [5, 5.41) is 0. The van der Waals surface area contributed by atoms with Crippen molar-refractivity contribution in [2.75, 3.05) is 0 Å². The molecule has 0 aromatic carbocycles. The van der Waals surface area contributed by atoms with Crippen molar-refractivity contribution < 1.29 is 8.78 Å². The molecule has 0 aliphatic carbocycles. The van der Waals surface area contributed by atoms with Gasteiger partial charge in [-0.25, -0.2) is 0 Å². The zero-order valence-electron chi connectivity index (χ0n) is 6.04. The van der Waals surface area contributed by atoms with Gasteiger partial charge in [-0.3, -0.25) is 0 Å². The van der Waals surface area contributed by atoms with Crippen LogP contribution >= 0.6 is 0 Å². The van der Waals surface area contributed by atoms with Gasteiger partial charge < -0.3 is 0 Å². The second-order valence-corrected chi connectivity index (χ2v) is 2.29. The van der Waals surface area contributed by atoms with Crippen LogP contribution in [0.5, 0.6) is 0 Å². The summed E-state index contributed by atoms with van der Waals surface area (Å²) in [6, 6.07) is 0. The highest BCUT2D eigenvalue weighted by Crippen LogP contribution is 2.19.